The SMILES string of the molecule is CN1C(=O)CC(NS(=O)(=O)c2cc(N)cs2)C1=O. The number of carbonyl (C=O) groups excluding carboxylic acids is 2. The molecule has 1 atom stereocenters. The summed E-state index contributed by atoms with van der Waals surface area (Å²) in [6.45, 7) is 0. The summed E-state index contributed by atoms with van der Waals surface area (Å²) in [5, 5.41) is 1.49. The lowest BCUT2D eigenvalue weighted by Gasteiger charge is -2.10. The second-order valence-corrected chi connectivity index (χ2v) is 6.72. The number of thiophene rings is 1. The fourth-order valence-corrected chi connectivity index (χ4v) is 3.85. The number of nitrogens with one attached hydrogen (secondary N) is 1. The van der Waals surface area contributed by atoms with Gasteiger partial charge in [-0.2, -0.15) is 4.72 Å². The Morgan fingerprint density at radius 2 is 2.17 bits per heavy atom. The van der Waals surface area contributed by atoms with Gasteiger partial charge in [-0.15, -0.1) is 11.3 Å². The number of hydrogen-bond donors (Lipinski definition) is 2. The van der Waals surface area contributed by atoms with E-state index in [4.69, 9.17) is 5.73 Å². The third kappa shape index (κ3) is 2.24. The van der Waals surface area contributed by atoms with E-state index in [1.54, 1.807) is 0 Å². The number of rotatable bonds is 3. The Bertz CT molecular complexity index is 607. The first-order valence-electron chi connectivity index (χ1n) is 4.98. The summed E-state index contributed by atoms with van der Waals surface area (Å²) >= 11 is 0.957. The molecule has 1 aliphatic heterocycles. The molecule has 2 rings (SSSR count). The van der Waals surface area contributed by atoms with Crippen LogP contribution >= 0.6 is 11.3 Å². The molecule has 18 heavy (non-hydrogen) atoms. The normalized spacial score (nSPS) is 20.7. The minimum absolute atomic E-state index is 0.0230. The van der Waals surface area contributed by atoms with E-state index in [1.165, 1.54) is 18.5 Å². The van der Waals surface area contributed by atoms with Crippen molar-refractivity contribution in [1.29, 1.82) is 0 Å². The van der Waals surface area contributed by atoms with Gasteiger partial charge in [-0.05, 0) is 6.07 Å². The van der Waals surface area contributed by atoms with E-state index in [0.717, 1.165) is 16.2 Å². The number of imide groups is 1. The molecule has 1 aliphatic rings. The largest absolute Gasteiger partial charge is 0.398 e. The average Bonchev–Trinajstić information content (AvgIpc) is 2.81. The van der Waals surface area contributed by atoms with Gasteiger partial charge in [-0.25, -0.2) is 8.42 Å². The molecule has 2 heterocycles. The van der Waals surface area contributed by atoms with Gasteiger partial charge in [-0.3, -0.25) is 14.5 Å². The Kier molecular flexibility index (Phi) is 3.13. The molecule has 0 aromatic carbocycles. The van der Waals surface area contributed by atoms with Crippen molar-refractivity contribution in [2.24, 2.45) is 0 Å². The topological polar surface area (TPSA) is 110 Å². The minimum atomic E-state index is -3.81. The van der Waals surface area contributed by atoms with Crippen molar-refractivity contribution >= 4 is 38.9 Å². The highest BCUT2D eigenvalue weighted by atomic mass is 32.2. The standard InChI is InChI=1S/C9H11N3O4S2/c1-12-7(13)3-6(9(12)14)11-18(15,16)8-2-5(10)4-17-8/h2,4,6,11H,3,10H2,1H3. The molecule has 1 aromatic rings. The van der Waals surface area contributed by atoms with Crippen LogP contribution in [0, 0.1) is 0 Å². The monoisotopic (exact) mass is 289 g/mol. The molecule has 1 fully saturated rings. The number of nitrogens with zero attached hydrogens (tertiary/aromatic N) is 1. The molecule has 0 spiro atoms. The van der Waals surface area contributed by atoms with Crippen LogP contribution in [0.25, 0.3) is 0 Å². The molecular weight excluding hydrogens is 278 g/mol. The van der Waals surface area contributed by atoms with E-state index < -0.39 is 27.9 Å². The maximum absolute atomic E-state index is 11.9. The first kappa shape index (κ1) is 13.0. The lowest BCUT2D eigenvalue weighted by molar-refractivity contribution is -0.137. The third-order valence-corrected chi connectivity index (χ3v) is 5.47. The summed E-state index contributed by atoms with van der Waals surface area (Å²) in [5.74, 6) is -0.952. The zero-order valence-corrected chi connectivity index (χ0v) is 11.0. The summed E-state index contributed by atoms with van der Waals surface area (Å²) in [5.41, 5.74) is 5.78. The predicted octanol–water partition coefficient (Wildman–Crippen LogP) is -0.634. The van der Waals surface area contributed by atoms with Crippen molar-refractivity contribution < 1.29 is 18.0 Å². The molecule has 3 N–H and O–H groups in total. The molecule has 0 aliphatic carbocycles. The van der Waals surface area contributed by atoms with E-state index in [9.17, 15) is 18.0 Å². The molecule has 9 heteroatoms. The van der Waals surface area contributed by atoms with Gasteiger partial charge >= 0.3 is 0 Å². The van der Waals surface area contributed by atoms with Crippen LogP contribution in [-0.2, 0) is 19.6 Å². The Hall–Kier alpha value is -1.45. The van der Waals surface area contributed by atoms with Crippen molar-refractivity contribution in [3.63, 3.8) is 0 Å². The van der Waals surface area contributed by atoms with Gasteiger partial charge in [0, 0.05) is 18.1 Å². The zero-order valence-electron chi connectivity index (χ0n) is 9.41. The summed E-state index contributed by atoms with van der Waals surface area (Å²) in [6, 6.07) is 0.272. The van der Waals surface area contributed by atoms with Gasteiger partial charge < -0.3 is 5.73 Å². The predicted molar refractivity (Wildman–Crippen MR) is 65.2 cm³/mol. The number of nitrogen functional groups attached to an aromatic ring is 1. The third-order valence-electron chi connectivity index (χ3n) is 2.54. The molecule has 0 radical (unpaired) electrons. The average molecular weight is 289 g/mol. The van der Waals surface area contributed by atoms with Crippen LogP contribution in [0.2, 0.25) is 0 Å². The summed E-state index contributed by atoms with van der Waals surface area (Å²) in [6.07, 6.45) is -0.157. The molecule has 0 saturated carbocycles. The number of sulfonamides is 1. The number of carbonyl (C=O) groups is 2. The van der Waals surface area contributed by atoms with Gasteiger partial charge in [0.05, 0.1) is 6.42 Å². The minimum Gasteiger partial charge on any atom is -0.398 e. The van der Waals surface area contributed by atoms with E-state index >= 15 is 0 Å². The van der Waals surface area contributed by atoms with E-state index in [0.29, 0.717) is 5.69 Å². The van der Waals surface area contributed by atoms with Gasteiger partial charge in [0.15, 0.2) is 0 Å². The highest BCUT2D eigenvalue weighted by Crippen LogP contribution is 2.23. The van der Waals surface area contributed by atoms with Crippen LogP contribution < -0.4 is 10.5 Å². The Labute approximate surface area is 108 Å². The van der Waals surface area contributed by atoms with Crippen molar-refractivity contribution in [3.8, 4) is 0 Å². The van der Waals surface area contributed by atoms with E-state index in [-0.39, 0.29) is 10.6 Å². The molecular formula is C9H11N3O4S2. The second-order valence-electron chi connectivity index (χ2n) is 3.87. The quantitative estimate of drug-likeness (QED) is 0.720. The Morgan fingerprint density at radius 3 is 2.61 bits per heavy atom. The van der Waals surface area contributed by atoms with Crippen LogP contribution in [-0.4, -0.2) is 38.2 Å². The van der Waals surface area contributed by atoms with Gasteiger partial charge in [0.25, 0.3) is 10.0 Å². The number of hydrogen-bond acceptors (Lipinski definition) is 6. The lowest BCUT2D eigenvalue weighted by Crippen LogP contribution is -2.40. The van der Waals surface area contributed by atoms with Gasteiger partial charge in [-0.1, -0.05) is 0 Å². The first-order chi connectivity index (χ1) is 8.31. The molecule has 2 amide bonds. The van der Waals surface area contributed by atoms with Crippen molar-refractivity contribution in [1.82, 2.24) is 9.62 Å². The molecule has 1 saturated heterocycles. The highest BCUT2D eigenvalue weighted by molar-refractivity contribution is 7.91. The number of amides is 2. The summed E-state index contributed by atoms with van der Waals surface area (Å²) < 4.78 is 26.1. The second kappa shape index (κ2) is 4.34. The molecule has 7 nitrogen and oxygen atoms in total. The van der Waals surface area contributed by atoms with Crippen molar-refractivity contribution in [3.05, 3.63) is 11.4 Å². The van der Waals surface area contributed by atoms with Crippen LogP contribution in [0.3, 0.4) is 0 Å². The van der Waals surface area contributed by atoms with E-state index in [1.807, 2.05) is 0 Å². The van der Waals surface area contributed by atoms with Crippen LogP contribution in [0.5, 0.6) is 0 Å². The fourth-order valence-electron chi connectivity index (χ4n) is 1.56. The highest BCUT2D eigenvalue weighted by Gasteiger charge is 2.38. The van der Waals surface area contributed by atoms with Crippen LogP contribution in [0.15, 0.2) is 15.7 Å². The molecule has 1 unspecified atom stereocenters. The number of likely N-dealkylation sites (tertiary alicyclic amines) is 1. The van der Waals surface area contributed by atoms with Crippen LogP contribution in [0.1, 0.15) is 6.42 Å². The van der Waals surface area contributed by atoms with Gasteiger partial charge in [0.2, 0.25) is 11.8 Å². The van der Waals surface area contributed by atoms with Crippen LogP contribution in [0.4, 0.5) is 5.69 Å². The Balaban J connectivity index is 2.20. The smallest absolute Gasteiger partial charge is 0.250 e. The van der Waals surface area contributed by atoms with Gasteiger partial charge in [0.1, 0.15) is 10.3 Å². The molecule has 1 aromatic heterocycles. The number of nitrogens with two attached hydrogens (primary N) is 1. The van der Waals surface area contributed by atoms with Crippen molar-refractivity contribution in [2.75, 3.05) is 12.8 Å². The van der Waals surface area contributed by atoms with Crippen molar-refractivity contribution in [2.45, 2.75) is 16.7 Å². The number of anilines is 1. The molecule has 98 valence electrons. The lowest BCUT2D eigenvalue weighted by atomic mass is 10.3. The molecule has 0 bridgehead atoms. The summed E-state index contributed by atoms with van der Waals surface area (Å²) in [4.78, 5) is 23.8. The fraction of sp³-hybridized carbons (Fsp3) is 0.333. The van der Waals surface area contributed by atoms with E-state index in [2.05, 4.69) is 4.72 Å². The summed E-state index contributed by atoms with van der Waals surface area (Å²) in [7, 11) is -2.49. The maximum Gasteiger partial charge on any atom is 0.250 e. The first-order valence-corrected chi connectivity index (χ1v) is 7.34. The number of likely N-dealkylation sites (N-methyl/N-ethyl adjacent to an activating group) is 1. The zero-order chi connectivity index (χ0) is 13.5. The maximum atomic E-state index is 11.9. The Morgan fingerprint density at radius 1 is 1.50 bits per heavy atom.